The highest BCUT2D eigenvalue weighted by Gasteiger charge is 2.21. The highest BCUT2D eigenvalue weighted by Crippen LogP contribution is 2.17. The van der Waals surface area contributed by atoms with Crippen LogP contribution in [0.3, 0.4) is 0 Å². The molecular formula is C21H44IN5O. The van der Waals surface area contributed by atoms with Crippen LogP contribution in [0.15, 0.2) is 4.99 Å². The zero-order valence-electron chi connectivity index (χ0n) is 18.6. The molecule has 28 heavy (non-hydrogen) atoms. The van der Waals surface area contributed by atoms with Crippen LogP contribution < -0.4 is 10.6 Å². The summed E-state index contributed by atoms with van der Waals surface area (Å²) in [7, 11) is 1.78. The summed E-state index contributed by atoms with van der Waals surface area (Å²) < 4.78 is 5.19. The summed E-state index contributed by atoms with van der Waals surface area (Å²) in [5.41, 5.74) is 0. The lowest BCUT2D eigenvalue weighted by Gasteiger charge is -2.34. The Kier molecular flexibility index (Phi) is 13.7. The second-order valence-electron chi connectivity index (χ2n) is 8.61. The van der Waals surface area contributed by atoms with Crippen molar-refractivity contribution in [1.82, 2.24) is 20.4 Å². The molecule has 0 radical (unpaired) electrons. The van der Waals surface area contributed by atoms with E-state index in [9.17, 15) is 0 Å². The smallest absolute Gasteiger partial charge is 0.191 e. The number of guanidine groups is 1. The largest absolute Gasteiger partial charge is 0.383 e. The lowest BCUT2D eigenvalue weighted by Crippen LogP contribution is -2.49. The minimum absolute atomic E-state index is 0. The second kappa shape index (κ2) is 14.8. The number of halogens is 1. The number of hydrogen-bond donors (Lipinski definition) is 2. The van der Waals surface area contributed by atoms with Crippen LogP contribution >= 0.6 is 24.0 Å². The number of rotatable bonds is 9. The maximum atomic E-state index is 5.19. The number of aliphatic imine (C=N–C) groups is 1. The van der Waals surface area contributed by atoms with Crippen molar-refractivity contribution in [2.45, 2.75) is 52.5 Å². The molecule has 2 N–H and O–H groups in total. The van der Waals surface area contributed by atoms with Gasteiger partial charge in [-0.15, -0.1) is 24.0 Å². The van der Waals surface area contributed by atoms with E-state index in [-0.39, 0.29) is 24.0 Å². The van der Waals surface area contributed by atoms with Crippen molar-refractivity contribution < 1.29 is 4.74 Å². The van der Waals surface area contributed by atoms with Gasteiger partial charge in [0.15, 0.2) is 5.96 Å². The number of piperidine rings is 2. The molecule has 2 aliphatic rings. The van der Waals surface area contributed by atoms with E-state index < -0.39 is 0 Å². The van der Waals surface area contributed by atoms with E-state index in [1.54, 1.807) is 7.11 Å². The van der Waals surface area contributed by atoms with E-state index in [4.69, 9.17) is 9.73 Å². The Morgan fingerprint density at radius 1 is 1.07 bits per heavy atom. The van der Waals surface area contributed by atoms with Gasteiger partial charge in [0.25, 0.3) is 0 Å². The summed E-state index contributed by atoms with van der Waals surface area (Å²) in [6.07, 6.45) is 4.93. The van der Waals surface area contributed by atoms with Gasteiger partial charge in [0, 0.05) is 52.4 Å². The zero-order valence-corrected chi connectivity index (χ0v) is 20.9. The molecular weight excluding hydrogens is 465 g/mol. The normalized spacial score (nSPS) is 21.0. The van der Waals surface area contributed by atoms with Crippen LogP contribution in [0.5, 0.6) is 0 Å². The van der Waals surface area contributed by atoms with Gasteiger partial charge in [0.1, 0.15) is 0 Å². The highest BCUT2D eigenvalue weighted by atomic mass is 127. The molecule has 0 aromatic rings. The molecule has 2 heterocycles. The Balaban J connectivity index is 0.00000392. The average Bonchev–Trinajstić information content (AvgIpc) is 2.66. The SMILES string of the molecule is CCNC(=NCC1CCN(CCOC)CC1)NC1CCN(CC(C)C)CC1.I. The van der Waals surface area contributed by atoms with Crippen LogP contribution in [-0.2, 0) is 4.74 Å². The maximum absolute atomic E-state index is 5.19. The van der Waals surface area contributed by atoms with Gasteiger partial charge < -0.3 is 25.2 Å². The first kappa shape index (κ1) is 25.9. The summed E-state index contributed by atoms with van der Waals surface area (Å²) in [4.78, 5) is 10.0. The first-order valence-electron chi connectivity index (χ1n) is 11.1. The molecule has 0 bridgehead atoms. The van der Waals surface area contributed by atoms with Crippen LogP contribution in [0.4, 0.5) is 0 Å². The van der Waals surface area contributed by atoms with Crippen molar-refractivity contribution in [3.63, 3.8) is 0 Å². The number of hydrogen-bond acceptors (Lipinski definition) is 4. The zero-order chi connectivity index (χ0) is 19.5. The van der Waals surface area contributed by atoms with Gasteiger partial charge >= 0.3 is 0 Å². The highest BCUT2D eigenvalue weighted by molar-refractivity contribution is 14.0. The van der Waals surface area contributed by atoms with Crippen molar-refractivity contribution >= 4 is 29.9 Å². The summed E-state index contributed by atoms with van der Waals surface area (Å²) in [6.45, 7) is 16.5. The molecule has 2 saturated heterocycles. The van der Waals surface area contributed by atoms with E-state index in [1.165, 1.54) is 58.4 Å². The third kappa shape index (κ3) is 10.1. The number of likely N-dealkylation sites (tertiary alicyclic amines) is 2. The average molecular weight is 510 g/mol. The van der Waals surface area contributed by atoms with Gasteiger partial charge in [-0.3, -0.25) is 4.99 Å². The number of nitrogens with one attached hydrogen (secondary N) is 2. The number of methoxy groups -OCH3 is 1. The molecule has 0 atom stereocenters. The van der Waals surface area contributed by atoms with E-state index in [2.05, 4.69) is 41.2 Å². The molecule has 0 aromatic heterocycles. The van der Waals surface area contributed by atoms with Crippen molar-refractivity contribution in [1.29, 1.82) is 0 Å². The van der Waals surface area contributed by atoms with Crippen LogP contribution in [0.25, 0.3) is 0 Å². The van der Waals surface area contributed by atoms with Crippen LogP contribution in [0.2, 0.25) is 0 Å². The minimum atomic E-state index is 0. The monoisotopic (exact) mass is 509 g/mol. The van der Waals surface area contributed by atoms with Gasteiger partial charge in [-0.05, 0) is 57.5 Å². The molecule has 0 aliphatic carbocycles. The molecule has 166 valence electrons. The summed E-state index contributed by atoms with van der Waals surface area (Å²) >= 11 is 0. The Bertz CT molecular complexity index is 419. The predicted octanol–water partition coefficient (Wildman–Crippen LogP) is 2.64. The van der Waals surface area contributed by atoms with E-state index in [0.29, 0.717) is 12.0 Å². The Labute approximate surface area is 190 Å². The van der Waals surface area contributed by atoms with Gasteiger partial charge in [0.2, 0.25) is 0 Å². The van der Waals surface area contributed by atoms with E-state index in [1.807, 2.05) is 0 Å². The standard InChI is InChI=1S/C21H43N5O.HI/c1-5-22-21(24-20-8-12-26(13-9-20)17-18(2)3)23-16-19-6-10-25(11-7-19)14-15-27-4;/h18-20H,5-17H2,1-4H3,(H2,22,23,24);1H. The Morgan fingerprint density at radius 2 is 1.71 bits per heavy atom. The number of ether oxygens (including phenoxy) is 1. The minimum Gasteiger partial charge on any atom is -0.383 e. The quantitative estimate of drug-likeness (QED) is 0.285. The maximum Gasteiger partial charge on any atom is 0.191 e. The molecule has 2 aliphatic heterocycles. The third-order valence-corrected chi connectivity index (χ3v) is 5.72. The third-order valence-electron chi connectivity index (χ3n) is 5.72. The first-order valence-corrected chi connectivity index (χ1v) is 11.1. The second-order valence-corrected chi connectivity index (χ2v) is 8.61. The predicted molar refractivity (Wildman–Crippen MR) is 130 cm³/mol. The van der Waals surface area contributed by atoms with Crippen molar-refractivity contribution in [2.75, 3.05) is 66.1 Å². The lowest BCUT2D eigenvalue weighted by atomic mass is 9.97. The Morgan fingerprint density at radius 3 is 2.29 bits per heavy atom. The van der Waals surface area contributed by atoms with Gasteiger partial charge in [-0.1, -0.05) is 13.8 Å². The van der Waals surface area contributed by atoms with E-state index in [0.717, 1.165) is 38.1 Å². The van der Waals surface area contributed by atoms with Crippen molar-refractivity contribution in [3.05, 3.63) is 0 Å². The molecule has 0 aromatic carbocycles. The van der Waals surface area contributed by atoms with Gasteiger partial charge in [0.05, 0.1) is 6.61 Å². The van der Waals surface area contributed by atoms with Crippen molar-refractivity contribution in [3.8, 4) is 0 Å². The first-order chi connectivity index (χ1) is 13.1. The Hall–Kier alpha value is -0.120. The van der Waals surface area contributed by atoms with Crippen LogP contribution in [0.1, 0.15) is 46.5 Å². The summed E-state index contributed by atoms with van der Waals surface area (Å²) in [6, 6.07) is 0.558. The topological polar surface area (TPSA) is 52.1 Å². The van der Waals surface area contributed by atoms with E-state index >= 15 is 0 Å². The fraction of sp³-hybridized carbons (Fsp3) is 0.952. The molecule has 2 rings (SSSR count). The summed E-state index contributed by atoms with van der Waals surface area (Å²) in [5, 5.41) is 7.14. The summed E-state index contributed by atoms with van der Waals surface area (Å²) in [5.74, 6) is 2.49. The lowest BCUT2D eigenvalue weighted by molar-refractivity contribution is 0.121. The number of nitrogens with zero attached hydrogens (tertiary/aromatic N) is 3. The fourth-order valence-corrected chi connectivity index (χ4v) is 4.12. The molecule has 2 fully saturated rings. The molecule has 0 amide bonds. The molecule has 7 heteroatoms. The van der Waals surface area contributed by atoms with Crippen molar-refractivity contribution in [2.24, 2.45) is 16.8 Å². The van der Waals surface area contributed by atoms with Gasteiger partial charge in [-0.2, -0.15) is 0 Å². The van der Waals surface area contributed by atoms with Crippen LogP contribution in [-0.4, -0.2) is 87.9 Å². The van der Waals surface area contributed by atoms with Gasteiger partial charge in [-0.25, -0.2) is 0 Å². The molecule has 0 saturated carbocycles. The molecule has 6 nitrogen and oxygen atoms in total. The molecule has 0 spiro atoms. The van der Waals surface area contributed by atoms with Crippen LogP contribution in [0, 0.1) is 11.8 Å². The molecule has 0 unspecified atom stereocenters. The fourth-order valence-electron chi connectivity index (χ4n) is 4.12.